The molecule has 5 heterocycles. The molecule has 16 heteroatoms. The van der Waals surface area contributed by atoms with Gasteiger partial charge in [-0.1, -0.05) is 17.3 Å². The van der Waals surface area contributed by atoms with Crippen LogP contribution in [-0.4, -0.2) is 86.6 Å². The van der Waals surface area contributed by atoms with Gasteiger partial charge in [-0.3, -0.25) is 14.4 Å². The molecule has 0 spiro atoms. The maximum Gasteiger partial charge on any atom is 0.393 e. The molecule has 4 aromatic rings. The van der Waals surface area contributed by atoms with Gasteiger partial charge in [0.25, 0.3) is 5.91 Å². The SMILES string of the molecule is COc1nn(C)cc1C(=O)NCc1nc(-c2sc3c(N[C@@H]4C[C@@H]5CCC([C@@H]4F)N5CCO)cccc3c2CC(F)(F)F)no1. The van der Waals surface area contributed by atoms with E-state index in [0.717, 1.165) is 17.8 Å². The largest absolute Gasteiger partial charge is 0.479 e. The van der Waals surface area contributed by atoms with Crippen LogP contribution in [0.5, 0.6) is 5.88 Å². The second kappa shape index (κ2) is 12.0. The Kier molecular flexibility index (Phi) is 8.24. The number of aromatic nitrogens is 4. The van der Waals surface area contributed by atoms with Crippen LogP contribution < -0.4 is 15.4 Å². The van der Waals surface area contributed by atoms with E-state index in [1.54, 1.807) is 25.2 Å². The van der Waals surface area contributed by atoms with Gasteiger partial charge in [-0.15, -0.1) is 16.4 Å². The van der Waals surface area contributed by atoms with E-state index in [4.69, 9.17) is 9.26 Å². The van der Waals surface area contributed by atoms with Gasteiger partial charge in [0.1, 0.15) is 11.7 Å². The molecule has 44 heavy (non-hydrogen) atoms. The van der Waals surface area contributed by atoms with Crippen molar-refractivity contribution in [1.29, 1.82) is 0 Å². The van der Waals surface area contributed by atoms with Gasteiger partial charge in [-0.25, -0.2) is 4.39 Å². The highest BCUT2D eigenvalue weighted by atomic mass is 32.1. The molecule has 0 radical (unpaired) electrons. The molecule has 2 aliphatic heterocycles. The number of nitrogens with one attached hydrogen (secondary N) is 2. The van der Waals surface area contributed by atoms with Crippen molar-refractivity contribution in [2.45, 2.75) is 62.7 Å². The minimum absolute atomic E-state index is 0.00430. The minimum atomic E-state index is -4.52. The highest BCUT2D eigenvalue weighted by Gasteiger charge is 2.47. The molecule has 0 saturated carbocycles. The summed E-state index contributed by atoms with van der Waals surface area (Å²) in [7, 11) is 3.02. The Morgan fingerprint density at radius 2 is 2.11 bits per heavy atom. The number of amides is 1. The third kappa shape index (κ3) is 5.85. The van der Waals surface area contributed by atoms with E-state index in [9.17, 15) is 23.1 Å². The Bertz CT molecular complexity index is 1650. The summed E-state index contributed by atoms with van der Waals surface area (Å²) in [6.07, 6.45) is -3.40. The zero-order valence-corrected chi connectivity index (χ0v) is 24.7. The van der Waals surface area contributed by atoms with E-state index in [1.165, 1.54) is 18.0 Å². The molecule has 236 valence electrons. The molecule has 0 aliphatic carbocycles. The average molecular weight is 638 g/mol. The molecule has 2 aliphatic rings. The molecule has 2 bridgehead atoms. The number of hydrogen-bond donors (Lipinski definition) is 3. The van der Waals surface area contributed by atoms with Crippen LogP contribution >= 0.6 is 11.3 Å². The third-order valence-corrected chi connectivity index (χ3v) is 9.44. The predicted molar refractivity (Wildman–Crippen MR) is 153 cm³/mol. The molecular formula is C28H31F4N7O4S. The summed E-state index contributed by atoms with van der Waals surface area (Å²) in [4.78, 5) is 19.1. The van der Waals surface area contributed by atoms with E-state index in [-0.39, 0.29) is 58.8 Å². The van der Waals surface area contributed by atoms with E-state index in [2.05, 4.69) is 25.9 Å². The lowest BCUT2D eigenvalue weighted by Crippen LogP contribution is -2.55. The normalized spacial score (nSPS) is 22.1. The number of fused-ring (bicyclic) bond motifs is 3. The van der Waals surface area contributed by atoms with Crippen molar-refractivity contribution in [2.75, 3.05) is 25.6 Å². The summed E-state index contributed by atoms with van der Waals surface area (Å²) in [6, 6.07) is 4.28. The van der Waals surface area contributed by atoms with Crippen molar-refractivity contribution in [3.8, 4) is 16.6 Å². The molecule has 3 N–H and O–H groups in total. The number of carbonyl (C=O) groups is 1. The van der Waals surface area contributed by atoms with Crippen LogP contribution in [0.4, 0.5) is 23.2 Å². The summed E-state index contributed by atoms with van der Waals surface area (Å²) in [5.74, 6) is -0.425. The Morgan fingerprint density at radius 1 is 1.30 bits per heavy atom. The van der Waals surface area contributed by atoms with E-state index in [0.29, 0.717) is 35.2 Å². The number of ether oxygens (including phenoxy) is 1. The topological polar surface area (TPSA) is 131 Å². The molecule has 1 amide bonds. The van der Waals surface area contributed by atoms with Gasteiger partial charge in [0.2, 0.25) is 17.6 Å². The lowest BCUT2D eigenvalue weighted by molar-refractivity contribution is -0.126. The van der Waals surface area contributed by atoms with Gasteiger partial charge in [-0.2, -0.15) is 18.2 Å². The predicted octanol–water partition coefficient (Wildman–Crippen LogP) is 4.08. The lowest BCUT2D eigenvalue weighted by atomic mass is 9.95. The monoisotopic (exact) mass is 637 g/mol. The van der Waals surface area contributed by atoms with E-state index >= 15 is 4.39 Å². The molecular weight excluding hydrogens is 606 g/mol. The first-order valence-corrected chi connectivity index (χ1v) is 14.9. The van der Waals surface area contributed by atoms with Gasteiger partial charge in [-0.05, 0) is 36.3 Å². The first kappa shape index (κ1) is 30.3. The van der Waals surface area contributed by atoms with Crippen LogP contribution in [0.15, 0.2) is 28.9 Å². The van der Waals surface area contributed by atoms with Crippen LogP contribution in [0.3, 0.4) is 0 Å². The quantitative estimate of drug-likeness (QED) is 0.220. The fraction of sp³-hybridized carbons (Fsp3) is 0.500. The number of aliphatic hydroxyl groups excluding tert-OH is 1. The fourth-order valence-corrected chi connectivity index (χ4v) is 7.56. The second-order valence-electron chi connectivity index (χ2n) is 11.0. The van der Waals surface area contributed by atoms with Crippen molar-refractivity contribution < 1.29 is 36.7 Å². The highest BCUT2D eigenvalue weighted by Crippen LogP contribution is 2.45. The zero-order chi connectivity index (χ0) is 31.2. The van der Waals surface area contributed by atoms with Crippen LogP contribution in [0, 0.1) is 0 Å². The van der Waals surface area contributed by atoms with Crippen LogP contribution in [0.25, 0.3) is 20.8 Å². The fourth-order valence-electron chi connectivity index (χ4n) is 6.34. The maximum absolute atomic E-state index is 15.6. The van der Waals surface area contributed by atoms with Gasteiger partial charge < -0.3 is 25.0 Å². The minimum Gasteiger partial charge on any atom is -0.479 e. The number of hydrogen-bond acceptors (Lipinski definition) is 10. The van der Waals surface area contributed by atoms with Crippen LogP contribution in [-0.2, 0) is 20.0 Å². The third-order valence-electron chi connectivity index (χ3n) is 8.17. The van der Waals surface area contributed by atoms with Crippen LogP contribution in [0.2, 0.25) is 0 Å². The first-order valence-electron chi connectivity index (χ1n) is 14.1. The van der Waals surface area contributed by atoms with Gasteiger partial charge in [0.05, 0.1) is 48.0 Å². The van der Waals surface area contributed by atoms with Crippen molar-refractivity contribution in [2.24, 2.45) is 7.05 Å². The number of piperidine rings is 1. The first-order chi connectivity index (χ1) is 21.1. The van der Waals surface area contributed by atoms with Crippen molar-refractivity contribution in [3.05, 3.63) is 41.4 Å². The molecule has 2 saturated heterocycles. The van der Waals surface area contributed by atoms with Gasteiger partial charge in [0.15, 0.2) is 0 Å². The standard InChI is InChI=1S/C28H31F4N7O4S/c1-38-13-17(27(36-38)42-2)26(41)33-12-21-35-25(37-43-21)24-16(11-28(30,31)32)15-4-3-5-18(23(15)44-24)34-19-10-14-6-7-20(22(19)29)39(14)8-9-40/h3-5,13-14,19-20,22,34,40H,6-12H2,1-2H3,(H,33,41)/t14-,19+,20?,22+/m0/s1. The number of rotatable bonds is 10. The molecule has 1 aromatic carbocycles. The average Bonchev–Trinajstić information content (AvgIpc) is 3.75. The lowest BCUT2D eigenvalue weighted by Gasteiger charge is -2.41. The zero-order valence-electron chi connectivity index (χ0n) is 23.9. The van der Waals surface area contributed by atoms with Crippen molar-refractivity contribution >= 4 is 33.0 Å². The Morgan fingerprint density at radius 3 is 2.86 bits per heavy atom. The number of thiophene rings is 1. The summed E-state index contributed by atoms with van der Waals surface area (Å²) in [6.45, 7) is 0.201. The Hall–Kier alpha value is -3.76. The summed E-state index contributed by atoms with van der Waals surface area (Å²) in [5, 5.41) is 23.7. The second-order valence-corrected chi connectivity index (χ2v) is 12.0. The number of nitrogens with zero attached hydrogens (tertiary/aromatic N) is 5. The van der Waals surface area contributed by atoms with Crippen molar-refractivity contribution in [1.82, 2.24) is 30.1 Å². The molecule has 6 rings (SSSR count). The number of aryl methyl sites for hydroxylation is 1. The number of aliphatic hydroxyl groups is 1. The van der Waals surface area contributed by atoms with Gasteiger partial charge in [0, 0.05) is 31.9 Å². The maximum atomic E-state index is 15.6. The highest BCUT2D eigenvalue weighted by molar-refractivity contribution is 7.23. The number of alkyl halides is 4. The van der Waals surface area contributed by atoms with E-state index < -0.39 is 30.7 Å². The Balaban J connectivity index is 1.27. The number of anilines is 1. The van der Waals surface area contributed by atoms with E-state index in [1.807, 2.05) is 4.90 Å². The van der Waals surface area contributed by atoms with Crippen molar-refractivity contribution in [3.63, 3.8) is 0 Å². The molecule has 4 atom stereocenters. The van der Waals surface area contributed by atoms with Gasteiger partial charge >= 0.3 is 6.18 Å². The number of benzene rings is 1. The molecule has 2 fully saturated rings. The molecule has 3 aromatic heterocycles. The Labute approximate surface area is 253 Å². The number of carbonyl (C=O) groups excluding carboxylic acids is 1. The smallest absolute Gasteiger partial charge is 0.393 e. The number of methoxy groups -OCH3 is 1. The summed E-state index contributed by atoms with van der Waals surface area (Å²) in [5.41, 5.74) is 0.716. The molecule has 11 nitrogen and oxygen atoms in total. The van der Waals surface area contributed by atoms with Crippen LogP contribution in [0.1, 0.15) is 41.1 Å². The number of halogens is 4. The molecule has 1 unspecified atom stereocenters. The summed E-state index contributed by atoms with van der Waals surface area (Å²) >= 11 is 1.07. The summed E-state index contributed by atoms with van der Waals surface area (Å²) < 4.78 is 69.3.